The standard InChI is InChI=1S/C14H19N3O2/c1-4-5-11-13(14(15)17-16-11)10-8-9(18-2)6-7-12(10)19-3/h6-8H,4-5H2,1-3H3,(H3,15,16,17). The summed E-state index contributed by atoms with van der Waals surface area (Å²) >= 11 is 0. The Balaban J connectivity index is 2.59. The van der Waals surface area contributed by atoms with Gasteiger partial charge in [-0.1, -0.05) is 13.3 Å². The summed E-state index contributed by atoms with van der Waals surface area (Å²) in [6.45, 7) is 2.11. The van der Waals surface area contributed by atoms with E-state index in [4.69, 9.17) is 15.2 Å². The molecule has 0 amide bonds. The Morgan fingerprint density at radius 1 is 1.26 bits per heavy atom. The molecule has 5 heteroatoms. The van der Waals surface area contributed by atoms with Gasteiger partial charge in [-0.15, -0.1) is 0 Å². The second-order valence-corrected chi connectivity index (χ2v) is 4.28. The molecule has 1 aromatic heterocycles. The van der Waals surface area contributed by atoms with Crippen molar-refractivity contribution >= 4 is 5.82 Å². The Hall–Kier alpha value is -2.17. The van der Waals surface area contributed by atoms with E-state index in [1.54, 1.807) is 14.2 Å². The number of aryl methyl sites for hydroxylation is 1. The number of nitrogens with zero attached hydrogens (tertiary/aromatic N) is 1. The summed E-state index contributed by atoms with van der Waals surface area (Å²) in [5, 5.41) is 7.09. The minimum absolute atomic E-state index is 0.481. The maximum absolute atomic E-state index is 5.98. The van der Waals surface area contributed by atoms with E-state index in [2.05, 4.69) is 17.1 Å². The van der Waals surface area contributed by atoms with Crippen molar-refractivity contribution in [3.63, 3.8) is 0 Å². The topological polar surface area (TPSA) is 73.2 Å². The normalized spacial score (nSPS) is 10.5. The van der Waals surface area contributed by atoms with Crippen LogP contribution in [0.15, 0.2) is 18.2 Å². The molecule has 0 aliphatic carbocycles. The highest BCUT2D eigenvalue weighted by Crippen LogP contribution is 2.38. The van der Waals surface area contributed by atoms with Crippen LogP contribution in [0.25, 0.3) is 11.1 Å². The van der Waals surface area contributed by atoms with Crippen molar-refractivity contribution < 1.29 is 9.47 Å². The summed E-state index contributed by atoms with van der Waals surface area (Å²) in [5.41, 5.74) is 8.80. The lowest BCUT2D eigenvalue weighted by molar-refractivity contribution is 0.404. The number of benzene rings is 1. The molecular weight excluding hydrogens is 242 g/mol. The zero-order chi connectivity index (χ0) is 13.8. The Bertz CT molecular complexity index is 564. The maximum Gasteiger partial charge on any atom is 0.153 e. The fourth-order valence-electron chi connectivity index (χ4n) is 2.13. The monoisotopic (exact) mass is 261 g/mol. The van der Waals surface area contributed by atoms with Crippen LogP contribution in [-0.2, 0) is 6.42 Å². The SMILES string of the molecule is CCCc1[nH]nc(N)c1-c1cc(OC)ccc1OC. The van der Waals surface area contributed by atoms with Gasteiger partial charge in [0.15, 0.2) is 5.82 Å². The van der Waals surface area contributed by atoms with Crippen molar-refractivity contribution in [1.82, 2.24) is 10.2 Å². The Morgan fingerprint density at radius 3 is 2.68 bits per heavy atom. The maximum atomic E-state index is 5.98. The average molecular weight is 261 g/mol. The van der Waals surface area contributed by atoms with E-state index >= 15 is 0 Å². The van der Waals surface area contributed by atoms with E-state index in [1.165, 1.54) is 0 Å². The quantitative estimate of drug-likeness (QED) is 0.867. The Morgan fingerprint density at radius 2 is 2.05 bits per heavy atom. The van der Waals surface area contributed by atoms with Crippen molar-refractivity contribution in [3.05, 3.63) is 23.9 Å². The van der Waals surface area contributed by atoms with E-state index in [0.29, 0.717) is 5.82 Å². The van der Waals surface area contributed by atoms with Crippen molar-refractivity contribution in [2.45, 2.75) is 19.8 Å². The number of hydrogen-bond acceptors (Lipinski definition) is 4. The molecule has 0 atom stereocenters. The smallest absolute Gasteiger partial charge is 0.153 e. The summed E-state index contributed by atoms with van der Waals surface area (Å²) in [6, 6.07) is 5.65. The molecule has 0 radical (unpaired) electrons. The van der Waals surface area contributed by atoms with Crippen LogP contribution in [0.5, 0.6) is 11.5 Å². The molecule has 5 nitrogen and oxygen atoms in total. The van der Waals surface area contributed by atoms with Gasteiger partial charge in [0, 0.05) is 11.3 Å². The number of rotatable bonds is 5. The molecule has 102 valence electrons. The second kappa shape index (κ2) is 5.65. The molecule has 2 aromatic rings. The Labute approximate surface area is 112 Å². The molecule has 0 aliphatic rings. The minimum atomic E-state index is 0.481. The number of H-pyrrole nitrogens is 1. The fourth-order valence-corrected chi connectivity index (χ4v) is 2.13. The molecule has 2 rings (SSSR count). The fraction of sp³-hybridized carbons (Fsp3) is 0.357. The highest BCUT2D eigenvalue weighted by atomic mass is 16.5. The molecule has 0 saturated heterocycles. The first kappa shape index (κ1) is 13.3. The number of methoxy groups -OCH3 is 2. The van der Waals surface area contributed by atoms with Gasteiger partial charge in [-0.25, -0.2) is 0 Å². The van der Waals surface area contributed by atoms with Gasteiger partial charge in [-0.2, -0.15) is 5.10 Å². The summed E-state index contributed by atoms with van der Waals surface area (Å²) in [7, 11) is 3.28. The summed E-state index contributed by atoms with van der Waals surface area (Å²) in [4.78, 5) is 0. The number of ether oxygens (including phenoxy) is 2. The number of aromatic nitrogens is 2. The summed E-state index contributed by atoms with van der Waals surface area (Å²) in [6.07, 6.45) is 1.90. The highest BCUT2D eigenvalue weighted by molar-refractivity contribution is 5.81. The molecule has 0 spiro atoms. The number of nitrogen functional groups attached to an aromatic ring is 1. The van der Waals surface area contributed by atoms with Crippen molar-refractivity contribution in [3.8, 4) is 22.6 Å². The van der Waals surface area contributed by atoms with Crippen LogP contribution in [0.2, 0.25) is 0 Å². The lowest BCUT2D eigenvalue weighted by atomic mass is 10.0. The van der Waals surface area contributed by atoms with Crippen LogP contribution in [0.3, 0.4) is 0 Å². The lowest BCUT2D eigenvalue weighted by Crippen LogP contribution is -1.95. The van der Waals surface area contributed by atoms with Gasteiger partial charge >= 0.3 is 0 Å². The predicted octanol–water partition coefficient (Wildman–Crippen LogP) is 2.63. The number of anilines is 1. The van der Waals surface area contributed by atoms with Gasteiger partial charge in [0.1, 0.15) is 11.5 Å². The number of nitrogens with one attached hydrogen (secondary N) is 1. The second-order valence-electron chi connectivity index (χ2n) is 4.28. The highest BCUT2D eigenvalue weighted by Gasteiger charge is 2.17. The average Bonchev–Trinajstić information content (AvgIpc) is 2.79. The zero-order valence-corrected chi connectivity index (χ0v) is 11.5. The molecule has 0 fully saturated rings. The molecule has 0 unspecified atom stereocenters. The van der Waals surface area contributed by atoms with Gasteiger partial charge in [0.05, 0.1) is 19.8 Å². The van der Waals surface area contributed by atoms with Crippen LogP contribution < -0.4 is 15.2 Å². The molecule has 0 bridgehead atoms. The third-order valence-electron chi connectivity index (χ3n) is 3.05. The molecule has 1 heterocycles. The van der Waals surface area contributed by atoms with Gasteiger partial charge in [-0.05, 0) is 24.6 Å². The zero-order valence-electron chi connectivity index (χ0n) is 11.5. The van der Waals surface area contributed by atoms with Gasteiger partial charge in [0.25, 0.3) is 0 Å². The molecule has 1 aromatic carbocycles. The summed E-state index contributed by atoms with van der Waals surface area (Å²) in [5.74, 6) is 2.00. The van der Waals surface area contributed by atoms with Gasteiger partial charge in [0.2, 0.25) is 0 Å². The lowest BCUT2D eigenvalue weighted by Gasteiger charge is -2.11. The van der Waals surface area contributed by atoms with Crippen LogP contribution in [-0.4, -0.2) is 24.4 Å². The van der Waals surface area contributed by atoms with Crippen molar-refractivity contribution in [1.29, 1.82) is 0 Å². The molecule has 0 aliphatic heterocycles. The van der Waals surface area contributed by atoms with E-state index in [0.717, 1.165) is 41.2 Å². The first-order valence-corrected chi connectivity index (χ1v) is 6.26. The van der Waals surface area contributed by atoms with E-state index in [-0.39, 0.29) is 0 Å². The van der Waals surface area contributed by atoms with Crippen molar-refractivity contribution in [2.24, 2.45) is 0 Å². The largest absolute Gasteiger partial charge is 0.497 e. The van der Waals surface area contributed by atoms with Gasteiger partial charge < -0.3 is 15.2 Å². The van der Waals surface area contributed by atoms with Crippen LogP contribution in [0, 0.1) is 0 Å². The van der Waals surface area contributed by atoms with E-state index in [1.807, 2.05) is 18.2 Å². The molecular formula is C14H19N3O2. The summed E-state index contributed by atoms with van der Waals surface area (Å²) < 4.78 is 10.7. The third kappa shape index (κ3) is 2.50. The molecule has 3 N–H and O–H groups in total. The first-order valence-electron chi connectivity index (χ1n) is 6.26. The van der Waals surface area contributed by atoms with Crippen LogP contribution in [0.4, 0.5) is 5.82 Å². The molecule has 19 heavy (non-hydrogen) atoms. The number of aromatic amines is 1. The Kier molecular flexibility index (Phi) is 3.94. The number of nitrogens with two attached hydrogens (primary N) is 1. The minimum Gasteiger partial charge on any atom is -0.497 e. The van der Waals surface area contributed by atoms with Crippen LogP contribution >= 0.6 is 0 Å². The van der Waals surface area contributed by atoms with Crippen LogP contribution in [0.1, 0.15) is 19.0 Å². The van der Waals surface area contributed by atoms with E-state index in [9.17, 15) is 0 Å². The molecule has 0 saturated carbocycles. The predicted molar refractivity (Wildman–Crippen MR) is 75.5 cm³/mol. The van der Waals surface area contributed by atoms with Gasteiger partial charge in [-0.3, -0.25) is 5.10 Å². The van der Waals surface area contributed by atoms with E-state index < -0.39 is 0 Å². The third-order valence-corrected chi connectivity index (χ3v) is 3.05. The number of hydrogen-bond donors (Lipinski definition) is 2. The van der Waals surface area contributed by atoms with Crippen molar-refractivity contribution in [2.75, 3.05) is 20.0 Å². The first-order chi connectivity index (χ1) is 9.21.